The quantitative estimate of drug-likeness (QED) is 0.900. The van der Waals surface area contributed by atoms with Crippen LogP contribution in [0.4, 0.5) is 5.69 Å². The van der Waals surface area contributed by atoms with Gasteiger partial charge in [0.2, 0.25) is 0 Å². The monoisotopic (exact) mass is 331 g/mol. The Morgan fingerprint density at radius 2 is 1.80 bits per heavy atom. The van der Waals surface area contributed by atoms with Crippen LogP contribution in [0, 0.1) is 0 Å². The highest BCUT2D eigenvalue weighted by atomic mass is 79.9. The normalized spacial score (nSPS) is 14.1. The maximum atomic E-state index is 10.9. The molecule has 2 aromatic carbocycles. The molecule has 0 heterocycles. The van der Waals surface area contributed by atoms with Crippen LogP contribution in [0.15, 0.2) is 46.9 Å². The lowest BCUT2D eigenvalue weighted by atomic mass is 10.1. The summed E-state index contributed by atoms with van der Waals surface area (Å²) >= 11 is 3.43. The molecule has 1 aliphatic rings. The summed E-state index contributed by atoms with van der Waals surface area (Å²) in [5, 5.41) is 12.4. The molecule has 0 saturated carbocycles. The maximum absolute atomic E-state index is 10.9. The lowest BCUT2D eigenvalue weighted by Gasteiger charge is -2.15. The summed E-state index contributed by atoms with van der Waals surface area (Å²) in [5.41, 5.74) is 4.01. The van der Waals surface area contributed by atoms with Crippen LogP contribution in [-0.2, 0) is 12.8 Å². The third-order valence-electron chi connectivity index (χ3n) is 3.63. The molecule has 0 amide bonds. The number of carbonyl (C=O) groups is 1. The van der Waals surface area contributed by atoms with Crippen molar-refractivity contribution in [3.8, 4) is 0 Å². The molecule has 4 heteroatoms. The van der Waals surface area contributed by atoms with Crippen LogP contribution in [0.5, 0.6) is 0 Å². The molecular weight excluding hydrogens is 318 g/mol. The van der Waals surface area contributed by atoms with Gasteiger partial charge in [0.05, 0.1) is 5.56 Å². The van der Waals surface area contributed by atoms with Crippen molar-refractivity contribution in [3.05, 3.63) is 63.6 Å². The molecule has 3 rings (SSSR count). The number of hydrogen-bond acceptors (Lipinski definition) is 2. The van der Waals surface area contributed by atoms with E-state index in [1.165, 1.54) is 11.1 Å². The topological polar surface area (TPSA) is 49.3 Å². The van der Waals surface area contributed by atoms with Crippen molar-refractivity contribution in [2.24, 2.45) is 0 Å². The molecule has 3 nitrogen and oxygen atoms in total. The van der Waals surface area contributed by atoms with Crippen LogP contribution in [0.25, 0.3) is 0 Å². The Kier molecular flexibility index (Phi) is 3.49. The zero-order valence-electron chi connectivity index (χ0n) is 10.8. The Morgan fingerprint density at radius 1 is 1.15 bits per heavy atom. The molecule has 102 valence electrons. The predicted octanol–water partition coefficient (Wildman–Crippen LogP) is 3.73. The number of carboxylic acid groups (broad SMARTS) is 1. The second kappa shape index (κ2) is 5.29. The molecule has 20 heavy (non-hydrogen) atoms. The minimum absolute atomic E-state index is 0.289. The van der Waals surface area contributed by atoms with E-state index in [4.69, 9.17) is 5.11 Å². The lowest BCUT2D eigenvalue weighted by molar-refractivity contribution is 0.0697. The fraction of sp³-hybridized carbons (Fsp3) is 0.188. The number of halogens is 1. The minimum atomic E-state index is -0.912. The molecule has 0 saturated heterocycles. The third-order valence-corrected chi connectivity index (χ3v) is 4.28. The average molecular weight is 332 g/mol. The number of aromatic carboxylic acids is 1. The smallest absolute Gasteiger partial charge is 0.335 e. The first-order valence-electron chi connectivity index (χ1n) is 6.49. The summed E-state index contributed by atoms with van der Waals surface area (Å²) in [6.07, 6.45) is 2.01. The van der Waals surface area contributed by atoms with Crippen molar-refractivity contribution in [1.29, 1.82) is 0 Å². The summed E-state index contributed by atoms with van der Waals surface area (Å²) in [7, 11) is 0. The summed E-state index contributed by atoms with van der Waals surface area (Å²) in [6.45, 7) is 0. The fourth-order valence-corrected chi connectivity index (χ4v) is 3.14. The number of nitrogens with one attached hydrogen (secondary N) is 1. The highest BCUT2D eigenvalue weighted by Gasteiger charge is 2.21. The molecular formula is C16H14BrNO2. The Labute approximate surface area is 125 Å². The Bertz CT molecular complexity index is 644. The standard InChI is InChI=1S/C16H14BrNO2/c17-14-9-12(16(19)20)5-6-15(14)18-13-7-10-3-1-2-4-11(10)8-13/h1-6,9,13,18H,7-8H2,(H,19,20). The van der Waals surface area contributed by atoms with E-state index in [9.17, 15) is 4.79 Å². The van der Waals surface area contributed by atoms with Gasteiger partial charge in [-0.2, -0.15) is 0 Å². The number of hydrogen-bond donors (Lipinski definition) is 2. The first-order valence-corrected chi connectivity index (χ1v) is 7.29. The predicted molar refractivity (Wildman–Crippen MR) is 82.4 cm³/mol. The minimum Gasteiger partial charge on any atom is -0.478 e. The number of benzene rings is 2. The molecule has 0 radical (unpaired) electrons. The Balaban J connectivity index is 1.75. The molecule has 0 atom stereocenters. The van der Waals surface area contributed by atoms with Gasteiger partial charge in [0.15, 0.2) is 0 Å². The largest absolute Gasteiger partial charge is 0.478 e. The van der Waals surface area contributed by atoms with Gasteiger partial charge in [-0.1, -0.05) is 24.3 Å². The van der Waals surface area contributed by atoms with Gasteiger partial charge in [-0.15, -0.1) is 0 Å². The molecule has 0 fully saturated rings. The molecule has 2 aromatic rings. The van der Waals surface area contributed by atoms with Gasteiger partial charge >= 0.3 is 5.97 Å². The number of fused-ring (bicyclic) bond motifs is 1. The summed E-state index contributed by atoms with van der Waals surface area (Å²) < 4.78 is 0.786. The summed E-state index contributed by atoms with van der Waals surface area (Å²) in [4.78, 5) is 10.9. The summed E-state index contributed by atoms with van der Waals surface area (Å²) in [5.74, 6) is -0.912. The van der Waals surface area contributed by atoms with E-state index in [0.29, 0.717) is 6.04 Å². The van der Waals surface area contributed by atoms with Gasteiger partial charge in [-0.05, 0) is 58.1 Å². The highest BCUT2D eigenvalue weighted by Crippen LogP contribution is 2.28. The number of anilines is 1. The van der Waals surface area contributed by atoms with Crippen molar-refractivity contribution in [1.82, 2.24) is 0 Å². The van der Waals surface area contributed by atoms with Crippen LogP contribution in [-0.4, -0.2) is 17.1 Å². The fourth-order valence-electron chi connectivity index (χ4n) is 2.65. The second-order valence-electron chi connectivity index (χ2n) is 5.02. The zero-order chi connectivity index (χ0) is 14.1. The van der Waals surface area contributed by atoms with Crippen molar-refractivity contribution in [3.63, 3.8) is 0 Å². The van der Waals surface area contributed by atoms with Crippen molar-refractivity contribution < 1.29 is 9.90 Å². The van der Waals surface area contributed by atoms with E-state index < -0.39 is 5.97 Å². The van der Waals surface area contributed by atoms with Crippen LogP contribution in [0.1, 0.15) is 21.5 Å². The molecule has 0 spiro atoms. The molecule has 0 bridgehead atoms. The van der Waals surface area contributed by atoms with Gasteiger partial charge in [-0.25, -0.2) is 4.79 Å². The van der Waals surface area contributed by atoms with E-state index in [2.05, 4.69) is 45.5 Å². The number of rotatable bonds is 3. The highest BCUT2D eigenvalue weighted by molar-refractivity contribution is 9.10. The van der Waals surface area contributed by atoms with Crippen LogP contribution in [0.3, 0.4) is 0 Å². The molecule has 1 aliphatic carbocycles. The van der Waals surface area contributed by atoms with Gasteiger partial charge in [0.1, 0.15) is 0 Å². The van der Waals surface area contributed by atoms with Crippen LogP contribution < -0.4 is 5.32 Å². The van der Waals surface area contributed by atoms with Gasteiger partial charge in [-0.3, -0.25) is 0 Å². The SMILES string of the molecule is O=C(O)c1ccc(NC2Cc3ccccc3C2)c(Br)c1. The van der Waals surface area contributed by atoms with E-state index in [0.717, 1.165) is 23.0 Å². The average Bonchev–Trinajstić information content (AvgIpc) is 2.83. The van der Waals surface area contributed by atoms with Crippen molar-refractivity contribution >= 4 is 27.6 Å². The molecule has 0 aliphatic heterocycles. The van der Waals surface area contributed by atoms with Crippen LogP contribution in [0.2, 0.25) is 0 Å². The Hall–Kier alpha value is -1.81. The summed E-state index contributed by atoms with van der Waals surface area (Å²) in [6, 6.07) is 13.9. The van der Waals surface area contributed by atoms with E-state index in [-0.39, 0.29) is 5.56 Å². The van der Waals surface area contributed by atoms with E-state index in [1.54, 1.807) is 12.1 Å². The van der Waals surface area contributed by atoms with Crippen molar-refractivity contribution in [2.75, 3.05) is 5.32 Å². The Morgan fingerprint density at radius 3 is 2.35 bits per heavy atom. The van der Waals surface area contributed by atoms with Gasteiger partial charge < -0.3 is 10.4 Å². The first kappa shape index (κ1) is 13.2. The first-order chi connectivity index (χ1) is 9.63. The van der Waals surface area contributed by atoms with Crippen molar-refractivity contribution in [2.45, 2.75) is 18.9 Å². The molecule has 2 N–H and O–H groups in total. The second-order valence-corrected chi connectivity index (χ2v) is 5.87. The lowest BCUT2D eigenvalue weighted by Crippen LogP contribution is -2.19. The third kappa shape index (κ3) is 2.56. The molecule has 0 aromatic heterocycles. The van der Waals surface area contributed by atoms with Gasteiger partial charge in [0.25, 0.3) is 0 Å². The van der Waals surface area contributed by atoms with Gasteiger partial charge in [0, 0.05) is 16.2 Å². The number of carboxylic acids is 1. The molecule has 0 unspecified atom stereocenters. The van der Waals surface area contributed by atoms with Crippen LogP contribution >= 0.6 is 15.9 Å². The zero-order valence-corrected chi connectivity index (χ0v) is 12.4. The van der Waals surface area contributed by atoms with E-state index >= 15 is 0 Å². The maximum Gasteiger partial charge on any atom is 0.335 e. The van der Waals surface area contributed by atoms with E-state index in [1.807, 2.05) is 6.07 Å².